The lowest BCUT2D eigenvalue weighted by molar-refractivity contribution is -0.121. The fraction of sp³-hybridized carbons (Fsp3) is 0.238. The summed E-state index contributed by atoms with van der Waals surface area (Å²) in [5, 5.41) is 2.99. The van der Waals surface area contributed by atoms with Crippen molar-refractivity contribution in [2.45, 2.75) is 12.5 Å². The molecule has 1 aromatic heterocycles. The molecule has 0 fully saturated rings. The Labute approximate surface area is 162 Å². The zero-order valence-corrected chi connectivity index (χ0v) is 16.0. The molecule has 0 unspecified atom stereocenters. The maximum Gasteiger partial charge on any atom is 0.225 e. The van der Waals surface area contributed by atoms with Crippen LogP contribution in [-0.2, 0) is 18.3 Å². The van der Waals surface area contributed by atoms with Crippen LogP contribution in [-0.4, -0.2) is 29.7 Å². The van der Waals surface area contributed by atoms with Gasteiger partial charge in [0.05, 0.1) is 20.6 Å². The van der Waals surface area contributed by atoms with E-state index in [4.69, 9.17) is 9.47 Å². The molecule has 0 spiro atoms. The van der Waals surface area contributed by atoms with E-state index >= 15 is 0 Å². The minimum absolute atomic E-state index is 0.120. The fourth-order valence-electron chi connectivity index (χ4n) is 2.99. The Morgan fingerprint density at radius 1 is 1.18 bits per heavy atom. The molecule has 1 amide bonds. The molecule has 0 aliphatic rings. The number of carbonyl (C=O) groups excluding carboxylic acids is 1. The zero-order valence-electron chi connectivity index (χ0n) is 16.0. The van der Waals surface area contributed by atoms with Crippen LogP contribution < -0.4 is 14.8 Å². The summed E-state index contributed by atoms with van der Waals surface area (Å²) in [7, 11) is 4.96. The van der Waals surface area contributed by atoms with E-state index in [0.717, 1.165) is 11.1 Å². The van der Waals surface area contributed by atoms with E-state index in [1.807, 2.05) is 11.6 Å². The number of aromatic nitrogens is 2. The van der Waals surface area contributed by atoms with Gasteiger partial charge in [-0.15, -0.1) is 0 Å². The van der Waals surface area contributed by atoms with E-state index in [2.05, 4.69) is 10.3 Å². The van der Waals surface area contributed by atoms with Gasteiger partial charge in [0, 0.05) is 31.1 Å². The van der Waals surface area contributed by atoms with Crippen LogP contribution in [0.5, 0.6) is 11.5 Å². The maximum atomic E-state index is 13.3. The topological polar surface area (TPSA) is 65.4 Å². The number of ether oxygens (including phenoxy) is 2. The Morgan fingerprint density at radius 3 is 2.54 bits per heavy atom. The lowest BCUT2D eigenvalue weighted by atomic mass is 10.0. The second kappa shape index (κ2) is 8.56. The summed E-state index contributed by atoms with van der Waals surface area (Å²) >= 11 is 0. The molecular weight excluding hydrogens is 361 g/mol. The number of benzene rings is 2. The molecule has 146 valence electrons. The second-order valence-electron chi connectivity index (χ2n) is 6.30. The third-order valence-corrected chi connectivity index (χ3v) is 4.47. The molecule has 0 radical (unpaired) electrons. The van der Waals surface area contributed by atoms with Crippen molar-refractivity contribution in [1.29, 1.82) is 0 Å². The number of amides is 1. The van der Waals surface area contributed by atoms with Gasteiger partial charge in [-0.3, -0.25) is 4.79 Å². The van der Waals surface area contributed by atoms with Crippen LogP contribution in [0.4, 0.5) is 4.39 Å². The molecule has 0 bridgehead atoms. The highest BCUT2D eigenvalue weighted by Crippen LogP contribution is 2.26. The number of aryl methyl sites for hydroxylation is 1. The van der Waals surface area contributed by atoms with Crippen LogP contribution in [0.2, 0.25) is 0 Å². The summed E-state index contributed by atoms with van der Waals surface area (Å²) in [5.74, 6) is 1.34. The minimum atomic E-state index is -0.502. The summed E-state index contributed by atoms with van der Waals surface area (Å²) < 4.78 is 25.7. The first-order chi connectivity index (χ1) is 13.5. The van der Waals surface area contributed by atoms with Crippen LogP contribution in [0, 0.1) is 5.82 Å². The number of halogens is 1. The Kier molecular flexibility index (Phi) is 5.93. The van der Waals surface area contributed by atoms with Crippen LogP contribution in [0.3, 0.4) is 0 Å². The van der Waals surface area contributed by atoms with Gasteiger partial charge < -0.3 is 19.4 Å². The number of hydrogen-bond acceptors (Lipinski definition) is 4. The van der Waals surface area contributed by atoms with Crippen molar-refractivity contribution in [3.05, 3.63) is 77.6 Å². The van der Waals surface area contributed by atoms with Crippen molar-refractivity contribution in [2.75, 3.05) is 14.2 Å². The third kappa shape index (κ3) is 4.31. The normalized spacial score (nSPS) is 11.7. The summed E-state index contributed by atoms with van der Waals surface area (Å²) in [5.41, 5.74) is 1.48. The van der Waals surface area contributed by atoms with Crippen molar-refractivity contribution in [1.82, 2.24) is 14.9 Å². The molecular formula is C21H22FN3O3. The van der Waals surface area contributed by atoms with Gasteiger partial charge in [0.1, 0.15) is 29.2 Å². The average molecular weight is 383 g/mol. The molecule has 2 aromatic carbocycles. The van der Waals surface area contributed by atoms with E-state index in [1.165, 1.54) is 12.1 Å². The summed E-state index contributed by atoms with van der Waals surface area (Å²) in [6.07, 6.45) is 3.57. The van der Waals surface area contributed by atoms with Gasteiger partial charge in [0.15, 0.2) is 0 Å². The van der Waals surface area contributed by atoms with E-state index in [1.54, 1.807) is 56.9 Å². The fourth-order valence-corrected chi connectivity index (χ4v) is 2.99. The monoisotopic (exact) mass is 383 g/mol. The average Bonchev–Trinajstić information content (AvgIpc) is 3.13. The van der Waals surface area contributed by atoms with E-state index in [0.29, 0.717) is 17.3 Å². The molecule has 1 atom stereocenters. The highest BCUT2D eigenvalue weighted by Gasteiger charge is 2.21. The van der Waals surface area contributed by atoms with Crippen LogP contribution in [0.15, 0.2) is 54.9 Å². The largest absolute Gasteiger partial charge is 0.497 e. The predicted molar refractivity (Wildman–Crippen MR) is 103 cm³/mol. The Bertz CT molecular complexity index is 954. The van der Waals surface area contributed by atoms with Crippen molar-refractivity contribution in [3.8, 4) is 11.5 Å². The van der Waals surface area contributed by atoms with Crippen molar-refractivity contribution < 1.29 is 18.7 Å². The van der Waals surface area contributed by atoms with Crippen molar-refractivity contribution in [2.24, 2.45) is 7.05 Å². The molecule has 0 aliphatic carbocycles. The molecule has 3 aromatic rings. The number of nitrogens with one attached hydrogen (secondary N) is 1. The molecule has 1 heterocycles. The lowest BCUT2D eigenvalue weighted by Gasteiger charge is -2.20. The van der Waals surface area contributed by atoms with E-state index < -0.39 is 6.04 Å². The first kappa shape index (κ1) is 19.4. The predicted octanol–water partition coefficient (Wildman–Crippen LogP) is 3.02. The molecule has 0 aliphatic heterocycles. The number of methoxy groups -OCH3 is 2. The molecule has 7 heteroatoms. The SMILES string of the molecule is COc1ccc(CC(=O)N[C@H](c2ccc(F)cc2)c2nccn2C)c(OC)c1. The first-order valence-corrected chi connectivity index (χ1v) is 8.74. The van der Waals surface area contributed by atoms with Crippen molar-refractivity contribution >= 4 is 5.91 Å². The van der Waals surface area contributed by atoms with Gasteiger partial charge in [-0.1, -0.05) is 18.2 Å². The smallest absolute Gasteiger partial charge is 0.225 e. The maximum absolute atomic E-state index is 13.3. The number of rotatable bonds is 7. The highest BCUT2D eigenvalue weighted by atomic mass is 19.1. The van der Waals surface area contributed by atoms with Gasteiger partial charge in [-0.05, 0) is 23.8 Å². The Morgan fingerprint density at radius 2 is 1.93 bits per heavy atom. The number of carbonyl (C=O) groups is 1. The Balaban J connectivity index is 1.84. The Hall–Kier alpha value is -3.35. The zero-order chi connectivity index (χ0) is 20.1. The molecule has 0 saturated carbocycles. The van der Waals surface area contributed by atoms with Gasteiger partial charge >= 0.3 is 0 Å². The summed E-state index contributed by atoms with van der Waals surface area (Å²) in [6.45, 7) is 0. The van der Waals surface area contributed by atoms with Gasteiger partial charge in [-0.2, -0.15) is 0 Å². The second-order valence-corrected chi connectivity index (χ2v) is 6.30. The number of nitrogens with zero attached hydrogens (tertiary/aromatic N) is 2. The highest BCUT2D eigenvalue weighted by molar-refractivity contribution is 5.80. The molecule has 0 saturated heterocycles. The number of hydrogen-bond donors (Lipinski definition) is 1. The van der Waals surface area contributed by atoms with Gasteiger partial charge in [-0.25, -0.2) is 9.37 Å². The van der Waals surface area contributed by atoms with Crippen molar-refractivity contribution in [3.63, 3.8) is 0 Å². The van der Waals surface area contributed by atoms with Gasteiger partial charge in [0.2, 0.25) is 5.91 Å². The standard InChI is InChI=1S/C21H22FN3O3/c1-25-11-10-23-21(25)20(14-4-7-16(22)8-5-14)24-19(26)12-15-6-9-17(27-2)13-18(15)28-3/h4-11,13,20H,12H2,1-3H3,(H,24,26)/t20-/m1/s1. The summed E-state index contributed by atoms with van der Waals surface area (Å²) in [4.78, 5) is 17.1. The van der Waals surface area contributed by atoms with Crippen LogP contribution in [0.25, 0.3) is 0 Å². The van der Waals surface area contributed by atoms with Crippen LogP contribution >= 0.6 is 0 Å². The third-order valence-electron chi connectivity index (χ3n) is 4.47. The lowest BCUT2D eigenvalue weighted by Crippen LogP contribution is -2.32. The van der Waals surface area contributed by atoms with Gasteiger partial charge in [0.25, 0.3) is 0 Å². The first-order valence-electron chi connectivity index (χ1n) is 8.74. The molecule has 1 N–H and O–H groups in total. The summed E-state index contributed by atoms with van der Waals surface area (Å²) in [6, 6.07) is 10.8. The molecule has 28 heavy (non-hydrogen) atoms. The van der Waals surface area contributed by atoms with E-state index in [-0.39, 0.29) is 18.1 Å². The van der Waals surface area contributed by atoms with E-state index in [9.17, 15) is 9.18 Å². The molecule has 6 nitrogen and oxygen atoms in total. The number of imidazole rings is 1. The van der Waals surface area contributed by atoms with Crippen LogP contribution in [0.1, 0.15) is 23.0 Å². The quantitative estimate of drug-likeness (QED) is 0.681. The molecule has 3 rings (SSSR count). The minimum Gasteiger partial charge on any atom is -0.497 e.